The van der Waals surface area contributed by atoms with Crippen LogP contribution in [0.25, 0.3) is 0 Å². The molecule has 0 bridgehead atoms. The Bertz CT molecular complexity index is 896. The molecule has 1 fully saturated rings. The molecular weight excluding hydrogens is 418 g/mol. The number of urea groups is 1. The minimum atomic E-state index is -0.752. The monoisotopic (exact) mass is 445 g/mol. The molecule has 2 aromatic carbocycles. The Kier molecular flexibility index (Phi) is 8.41. The highest BCUT2D eigenvalue weighted by Gasteiger charge is 2.15. The van der Waals surface area contributed by atoms with Crippen molar-refractivity contribution in [2.24, 2.45) is 10.8 Å². The summed E-state index contributed by atoms with van der Waals surface area (Å²) in [5, 5.41) is 4.07. The number of nitrogens with two attached hydrogens (primary N) is 1. The number of halogens is 1. The minimum Gasteiger partial charge on any atom is -0.493 e. The first-order valence-corrected chi connectivity index (χ1v) is 10.8. The van der Waals surface area contributed by atoms with Crippen molar-refractivity contribution < 1.29 is 19.0 Å². The number of carbonyl (C=O) groups excluding carboxylic acids is 1. The molecule has 31 heavy (non-hydrogen) atoms. The first-order valence-electron chi connectivity index (χ1n) is 10.4. The van der Waals surface area contributed by atoms with Crippen molar-refractivity contribution in [2.45, 2.75) is 38.0 Å². The van der Waals surface area contributed by atoms with Gasteiger partial charge in [-0.15, -0.1) is 0 Å². The Balaban J connectivity index is 1.51. The summed E-state index contributed by atoms with van der Waals surface area (Å²) in [6.45, 7) is 0.672. The van der Waals surface area contributed by atoms with Crippen molar-refractivity contribution in [1.29, 1.82) is 0 Å². The van der Waals surface area contributed by atoms with Crippen LogP contribution in [0.4, 0.5) is 4.79 Å². The smallest absolute Gasteiger partial charge is 0.332 e. The molecule has 0 atom stereocenters. The van der Waals surface area contributed by atoms with E-state index in [2.05, 4.69) is 22.7 Å². The van der Waals surface area contributed by atoms with E-state index in [1.54, 1.807) is 12.1 Å². The van der Waals surface area contributed by atoms with Crippen molar-refractivity contribution in [1.82, 2.24) is 5.43 Å². The summed E-state index contributed by atoms with van der Waals surface area (Å²) >= 11 is 6.32. The summed E-state index contributed by atoms with van der Waals surface area (Å²) in [4.78, 5) is 10.7. The van der Waals surface area contributed by atoms with Crippen LogP contribution >= 0.6 is 11.6 Å². The summed E-state index contributed by atoms with van der Waals surface area (Å²) in [5.41, 5.74) is 9.11. The zero-order chi connectivity index (χ0) is 22.1. The fourth-order valence-electron chi connectivity index (χ4n) is 3.70. The van der Waals surface area contributed by atoms with Crippen molar-refractivity contribution in [2.75, 3.05) is 20.3 Å². The molecule has 2 amide bonds. The van der Waals surface area contributed by atoms with Crippen LogP contribution in [0.1, 0.15) is 49.1 Å². The summed E-state index contributed by atoms with van der Waals surface area (Å²) in [5.74, 6) is 2.36. The molecule has 0 aromatic heterocycles. The van der Waals surface area contributed by atoms with Gasteiger partial charge in [-0.05, 0) is 54.2 Å². The van der Waals surface area contributed by atoms with Crippen LogP contribution in [0.5, 0.6) is 17.2 Å². The molecular formula is C23H28ClN3O4. The molecule has 1 aliphatic carbocycles. The molecule has 0 saturated heterocycles. The Labute approximate surface area is 187 Å². The van der Waals surface area contributed by atoms with Crippen LogP contribution in [0, 0.1) is 0 Å². The molecule has 0 aliphatic heterocycles. The fraction of sp³-hybridized carbons (Fsp3) is 0.391. The first kappa shape index (κ1) is 22.7. The summed E-state index contributed by atoms with van der Waals surface area (Å²) in [7, 11) is 1.52. The summed E-state index contributed by atoms with van der Waals surface area (Å²) in [6, 6.07) is 11.0. The van der Waals surface area contributed by atoms with Crippen molar-refractivity contribution in [3.8, 4) is 17.2 Å². The van der Waals surface area contributed by atoms with Gasteiger partial charge in [-0.25, -0.2) is 10.2 Å². The lowest BCUT2D eigenvalue weighted by Crippen LogP contribution is -2.24. The maximum Gasteiger partial charge on any atom is 0.332 e. The number of primary amides is 1. The molecule has 2 aromatic rings. The second-order valence-electron chi connectivity index (χ2n) is 7.37. The lowest BCUT2D eigenvalue weighted by atomic mass is 9.84. The number of amides is 2. The van der Waals surface area contributed by atoms with E-state index in [9.17, 15) is 4.79 Å². The highest BCUT2D eigenvalue weighted by atomic mass is 35.5. The largest absolute Gasteiger partial charge is 0.493 e. The molecule has 0 radical (unpaired) electrons. The fourth-order valence-corrected chi connectivity index (χ4v) is 3.97. The number of nitrogens with one attached hydrogen (secondary N) is 1. The zero-order valence-electron chi connectivity index (χ0n) is 17.6. The van der Waals surface area contributed by atoms with Crippen LogP contribution in [-0.4, -0.2) is 32.6 Å². The van der Waals surface area contributed by atoms with E-state index >= 15 is 0 Å². The molecule has 166 valence electrons. The summed E-state index contributed by atoms with van der Waals surface area (Å²) in [6.07, 6.45) is 7.97. The average Bonchev–Trinajstić information content (AvgIpc) is 2.78. The molecule has 3 rings (SSSR count). The van der Waals surface area contributed by atoms with Crippen LogP contribution in [0.2, 0.25) is 5.02 Å². The van der Waals surface area contributed by atoms with Crippen molar-refractivity contribution in [3.63, 3.8) is 0 Å². The second-order valence-corrected chi connectivity index (χ2v) is 7.78. The quantitative estimate of drug-likeness (QED) is 0.327. The van der Waals surface area contributed by atoms with Gasteiger partial charge >= 0.3 is 6.03 Å². The third-order valence-electron chi connectivity index (χ3n) is 5.20. The number of ether oxygens (including phenoxy) is 3. The normalized spacial score (nSPS) is 14.4. The van der Waals surface area contributed by atoms with Crippen molar-refractivity contribution >= 4 is 23.8 Å². The van der Waals surface area contributed by atoms with E-state index in [4.69, 9.17) is 31.5 Å². The Morgan fingerprint density at radius 2 is 1.87 bits per heavy atom. The van der Waals surface area contributed by atoms with Gasteiger partial charge in [0.15, 0.2) is 11.5 Å². The first-order chi connectivity index (χ1) is 15.1. The highest BCUT2D eigenvalue weighted by Crippen LogP contribution is 2.36. The van der Waals surface area contributed by atoms with Gasteiger partial charge in [-0.1, -0.05) is 43.0 Å². The van der Waals surface area contributed by atoms with Crippen LogP contribution in [-0.2, 0) is 0 Å². The topological polar surface area (TPSA) is 95.2 Å². The Morgan fingerprint density at radius 3 is 2.55 bits per heavy atom. The zero-order valence-corrected chi connectivity index (χ0v) is 18.4. The predicted molar refractivity (Wildman–Crippen MR) is 122 cm³/mol. The number of hydrazone groups is 1. The molecule has 1 aliphatic rings. The third-order valence-corrected chi connectivity index (χ3v) is 5.48. The molecule has 3 N–H and O–H groups in total. The predicted octanol–water partition coefficient (Wildman–Crippen LogP) is 4.86. The van der Waals surface area contributed by atoms with Gasteiger partial charge in [-0.3, -0.25) is 0 Å². The molecule has 0 spiro atoms. The molecule has 0 heterocycles. The Morgan fingerprint density at radius 1 is 1.16 bits per heavy atom. The van der Waals surface area contributed by atoms with Gasteiger partial charge in [0.05, 0.1) is 18.3 Å². The van der Waals surface area contributed by atoms with E-state index < -0.39 is 6.03 Å². The van der Waals surface area contributed by atoms with Gasteiger partial charge < -0.3 is 19.9 Å². The maximum atomic E-state index is 10.7. The standard InChI is InChI=1S/C23H28ClN3O4/c1-29-21-14-16(15-26-27-23(25)28)13-20(24)22(21)31-12-11-30-19-9-7-18(8-10-19)17-5-3-2-4-6-17/h7-10,13-15,17H,2-6,11-12H2,1H3,(H3,25,27,28). The van der Waals surface area contributed by atoms with Crippen LogP contribution < -0.4 is 25.4 Å². The number of rotatable bonds is 9. The second kappa shape index (κ2) is 11.5. The molecule has 1 saturated carbocycles. The lowest BCUT2D eigenvalue weighted by Gasteiger charge is -2.22. The van der Waals surface area contributed by atoms with Gasteiger partial charge in [0.2, 0.25) is 0 Å². The number of benzene rings is 2. The van der Waals surface area contributed by atoms with E-state index in [1.165, 1.54) is 51.0 Å². The molecule has 0 unspecified atom stereocenters. The number of hydrogen-bond donors (Lipinski definition) is 2. The highest BCUT2D eigenvalue weighted by molar-refractivity contribution is 6.32. The maximum absolute atomic E-state index is 10.7. The van der Waals surface area contributed by atoms with E-state index in [0.29, 0.717) is 41.2 Å². The van der Waals surface area contributed by atoms with Crippen LogP contribution in [0.15, 0.2) is 41.5 Å². The lowest BCUT2D eigenvalue weighted by molar-refractivity contribution is 0.211. The third kappa shape index (κ3) is 6.79. The SMILES string of the molecule is COc1cc(C=NNC(N)=O)cc(Cl)c1OCCOc1ccc(C2CCCCC2)cc1. The molecule has 8 heteroatoms. The molecule has 7 nitrogen and oxygen atoms in total. The van der Waals surface area contributed by atoms with Crippen LogP contribution in [0.3, 0.4) is 0 Å². The number of methoxy groups -OCH3 is 1. The van der Waals surface area contributed by atoms with Gasteiger partial charge in [0.25, 0.3) is 0 Å². The average molecular weight is 446 g/mol. The summed E-state index contributed by atoms with van der Waals surface area (Å²) < 4.78 is 16.9. The van der Waals surface area contributed by atoms with E-state index in [1.807, 2.05) is 12.1 Å². The van der Waals surface area contributed by atoms with E-state index in [-0.39, 0.29) is 0 Å². The number of hydrogen-bond acceptors (Lipinski definition) is 5. The van der Waals surface area contributed by atoms with Gasteiger partial charge in [0.1, 0.15) is 19.0 Å². The van der Waals surface area contributed by atoms with Gasteiger partial charge in [0, 0.05) is 0 Å². The van der Waals surface area contributed by atoms with E-state index in [0.717, 1.165) is 5.75 Å². The number of nitrogens with zero attached hydrogens (tertiary/aromatic N) is 1. The Hall–Kier alpha value is -2.93. The minimum absolute atomic E-state index is 0.303. The van der Waals surface area contributed by atoms with Crippen molar-refractivity contribution in [3.05, 3.63) is 52.5 Å². The number of carbonyl (C=O) groups is 1. The van der Waals surface area contributed by atoms with Gasteiger partial charge in [-0.2, -0.15) is 5.10 Å².